The summed E-state index contributed by atoms with van der Waals surface area (Å²) in [4.78, 5) is 0. The van der Waals surface area contributed by atoms with Crippen molar-refractivity contribution in [2.75, 3.05) is 0 Å². The minimum atomic E-state index is 0.721. The summed E-state index contributed by atoms with van der Waals surface area (Å²) in [6.07, 6.45) is 9.39. The van der Waals surface area contributed by atoms with E-state index in [0.717, 1.165) is 12.6 Å². The molecule has 84 valence electrons. The molecule has 0 bridgehead atoms. The van der Waals surface area contributed by atoms with Crippen LogP contribution in [0.25, 0.3) is 5.52 Å². The van der Waals surface area contributed by atoms with Crippen LogP contribution in [0, 0.1) is 0 Å². The van der Waals surface area contributed by atoms with Crippen molar-refractivity contribution >= 4 is 5.52 Å². The number of hydrogen-bond acceptors (Lipinski definition) is 2. The van der Waals surface area contributed by atoms with Crippen LogP contribution < -0.4 is 5.32 Å². The van der Waals surface area contributed by atoms with Crippen molar-refractivity contribution in [3.05, 3.63) is 36.2 Å². The van der Waals surface area contributed by atoms with E-state index in [2.05, 4.69) is 22.5 Å². The smallest absolute Gasteiger partial charge is 0.0706 e. The van der Waals surface area contributed by atoms with E-state index < -0.39 is 0 Å². The van der Waals surface area contributed by atoms with Crippen LogP contribution in [-0.2, 0) is 6.54 Å². The van der Waals surface area contributed by atoms with E-state index in [9.17, 15) is 0 Å². The van der Waals surface area contributed by atoms with Gasteiger partial charge in [0.15, 0.2) is 0 Å². The SMILES string of the molecule is c1ccn2ncc(CNC3CCCC3)c2c1. The van der Waals surface area contributed by atoms with Crippen LogP contribution in [0.15, 0.2) is 30.6 Å². The molecule has 0 radical (unpaired) electrons. The summed E-state index contributed by atoms with van der Waals surface area (Å²) >= 11 is 0. The fourth-order valence-electron chi connectivity index (χ4n) is 2.51. The van der Waals surface area contributed by atoms with E-state index in [4.69, 9.17) is 0 Å². The summed E-state index contributed by atoms with van der Waals surface area (Å²) in [5.41, 5.74) is 2.51. The lowest BCUT2D eigenvalue weighted by molar-refractivity contribution is 0.525. The molecule has 0 aromatic carbocycles. The quantitative estimate of drug-likeness (QED) is 0.851. The van der Waals surface area contributed by atoms with Crippen molar-refractivity contribution in [2.45, 2.75) is 38.3 Å². The van der Waals surface area contributed by atoms with Gasteiger partial charge in [-0.25, -0.2) is 4.52 Å². The highest BCUT2D eigenvalue weighted by atomic mass is 15.2. The van der Waals surface area contributed by atoms with E-state index >= 15 is 0 Å². The lowest BCUT2D eigenvalue weighted by atomic mass is 10.2. The molecule has 2 aromatic rings. The van der Waals surface area contributed by atoms with Crippen LogP contribution in [0.3, 0.4) is 0 Å². The molecule has 0 unspecified atom stereocenters. The van der Waals surface area contributed by atoms with E-state index in [-0.39, 0.29) is 0 Å². The van der Waals surface area contributed by atoms with Gasteiger partial charge in [0.2, 0.25) is 0 Å². The van der Waals surface area contributed by atoms with Crippen molar-refractivity contribution in [1.29, 1.82) is 0 Å². The van der Waals surface area contributed by atoms with Gasteiger partial charge in [0, 0.05) is 24.3 Å². The Hall–Kier alpha value is -1.35. The Kier molecular flexibility index (Phi) is 2.62. The molecule has 1 fully saturated rings. The number of nitrogens with one attached hydrogen (secondary N) is 1. The zero-order chi connectivity index (χ0) is 10.8. The normalized spacial score (nSPS) is 17.2. The molecule has 0 amide bonds. The van der Waals surface area contributed by atoms with Crippen LogP contribution in [0.1, 0.15) is 31.2 Å². The lowest BCUT2D eigenvalue weighted by Crippen LogP contribution is -2.25. The summed E-state index contributed by atoms with van der Waals surface area (Å²) in [7, 11) is 0. The average Bonchev–Trinajstić information content (AvgIpc) is 2.96. The minimum Gasteiger partial charge on any atom is -0.310 e. The van der Waals surface area contributed by atoms with Crippen molar-refractivity contribution in [2.24, 2.45) is 0 Å². The number of fused-ring (bicyclic) bond motifs is 1. The fraction of sp³-hybridized carbons (Fsp3) is 0.462. The third-order valence-corrected chi connectivity index (χ3v) is 3.44. The van der Waals surface area contributed by atoms with Crippen LogP contribution in [0.4, 0.5) is 0 Å². The second-order valence-electron chi connectivity index (χ2n) is 4.56. The van der Waals surface area contributed by atoms with E-state index in [1.165, 1.54) is 36.8 Å². The lowest BCUT2D eigenvalue weighted by Gasteiger charge is -2.10. The number of rotatable bonds is 3. The summed E-state index contributed by atoms with van der Waals surface area (Å²) in [6.45, 7) is 0.943. The molecule has 16 heavy (non-hydrogen) atoms. The predicted molar refractivity (Wildman–Crippen MR) is 64.3 cm³/mol. The maximum absolute atomic E-state index is 4.34. The number of hydrogen-bond donors (Lipinski definition) is 1. The number of nitrogens with zero attached hydrogens (tertiary/aromatic N) is 2. The largest absolute Gasteiger partial charge is 0.310 e. The summed E-state index contributed by atoms with van der Waals surface area (Å²) in [5, 5.41) is 7.96. The Bertz CT molecular complexity index is 469. The molecule has 3 heteroatoms. The van der Waals surface area contributed by atoms with E-state index in [1.54, 1.807) is 0 Å². The van der Waals surface area contributed by atoms with E-state index in [1.807, 2.05) is 23.0 Å². The van der Waals surface area contributed by atoms with Gasteiger partial charge in [-0.15, -0.1) is 0 Å². The first kappa shape index (κ1) is 9.85. The first-order valence-electron chi connectivity index (χ1n) is 6.08. The van der Waals surface area contributed by atoms with Gasteiger partial charge >= 0.3 is 0 Å². The monoisotopic (exact) mass is 215 g/mol. The van der Waals surface area contributed by atoms with Crippen LogP contribution in [0.5, 0.6) is 0 Å². The molecule has 2 heterocycles. The van der Waals surface area contributed by atoms with Gasteiger partial charge in [0.05, 0.1) is 11.7 Å². The summed E-state index contributed by atoms with van der Waals surface area (Å²) in [6, 6.07) is 6.92. The van der Waals surface area contributed by atoms with Gasteiger partial charge in [0.1, 0.15) is 0 Å². The second kappa shape index (κ2) is 4.26. The molecular formula is C13H17N3. The molecule has 3 nitrogen and oxygen atoms in total. The molecule has 0 saturated heterocycles. The van der Waals surface area contributed by atoms with Crippen molar-refractivity contribution in [1.82, 2.24) is 14.9 Å². The van der Waals surface area contributed by atoms with Gasteiger partial charge in [-0.3, -0.25) is 0 Å². The van der Waals surface area contributed by atoms with Gasteiger partial charge in [-0.2, -0.15) is 5.10 Å². The number of aromatic nitrogens is 2. The molecule has 1 N–H and O–H groups in total. The van der Waals surface area contributed by atoms with Crippen LogP contribution in [-0.4, -0.2) is 15.7 Å². The Morgan fingerprint density at radius 3 is 3.06 bits per heavy atom. The minimum absolute atomic E-state index is 0.721. The predicted octanol–water partition coefficient (Wildman–Crippen LogP) is 2.37. The molecule has 0 spiro atoms. The van der Waals surface area contributed by atoms with Gasteiger partial charge < -0.3 is 5.32 Å². The standard InChI is InChI=1S/C13H17N3/c1-2-6-12(5-1)14-9-11-10-15-16-8-4-3-7-13(11)16/h3-4,7-8,10,12,14H,1-2,5-6,9H2. The summed E-state index contributed by atoms with van der Waals surface area (Å²) in [5.74, 6) is 0. The zero-order valence-electron chi connectivity index (χ0n) is 9.39. The highest BCUT2D eigenvalue weighted by molar-refractivity contribution is 5.53. The highest BCUT2D eigenvalue weighted by Gasteiger charge is 2.14. The zero-order valence-corrected chi connectivity index (χ0v) is 9.39. The maximum atomic E-state index is 4.34. The Labute approximate surface area is 95.5 Å². The molecule has 3 rings (SSSR count). The molecule has 0 atom stereocenters. The molecule has 2 aromatic heterocycles. The Morgan fingerprint density at radius 2 is 2.19 bits per heavy atom. The van der Waals surface area contributed by atoms with Crippen molar-refractivity contribution in [3.63, 3.8) is 0 Å². The molecular weight excluding hydrogens is 198 g/mol. The first-order chi connectivity index (χ1) is 7.93. The number of pyridine rings is 1. The van der Waals surface area contributed by atoms with Gasteiger partial charge in [0.25, 0.3) is 0 Å². The highest BCUT2D eigenvalue weighted by Crippen LogP contribution is 2.18. The topological polar surface area (TPSA) is 29.3 Å². The molecule has 0 aliphatic heterocycles. The molecule has 1 saturated carbocycles. The first-order valence-corrected chi connectivity index (χ1v) is 6.08. The van der Waals surface area contributed by atoms with E-state index in [0.29, 0.717) is 0 Å². The van der Waals surface area contributed by atoms with Crippen LogP contribution in [0.2, 0.25) is 0 Å². The average molecular weight is 215 g/mol. The molecule has 1 aliphatic rings. The fourth-order valence-corrected chi connectivity index (χ4v) is 2.51. The van der Waals surface area contributed by atoms with Gasteiger partial charge in [-0.05, 0) is 25.0 Å². The Balaban J connectivity index is 1.73. The molecule has 1 aliphatic carbocycles. The third kappa shape index (κ3) is 1.83. The summed E-state index contributed by atoms with van der Waals surface area (Å²) < 4.78 is 1.94. The maximum Gasteiger partial charge on any atom is 0.0706 e. The van der Waals surface area contributed by atoms with Crippen molar-refractivity contribution < 1.29 is 0 Å². The van der Waals surface area contributed by atoms with Gasteiger partial charge in [-0.1, -0.05) is 18.9 Å². The third-order valence-electron chi connectivity index (χ3n) is 3.44. The van der Waals surface area contributed by atoms with Crippen molar-refractivity contribution in [3.8, 4) is 0 Å². The second-order valence-corrected chi connectivity index (χ2v) is 4.56. The Morgan fingerprint density at radius 1 is 1.31 bits per heavy atom. The van der Waals surface area contributed by atoms with Crippen LogP contribution >= 0.6 is 0 Å².